The highest BCUT2D eigenvalue weighted by Crippen LogP contribution is 2.37. The molecule has 0 saturated heterocycles. The largest absolute Gasteiger partial charge is 0.485 e. The summed E-state index contributed by atoms with van der Waals surface area (Å²) in [6.45, 7) is 6.22. The number of hydrogen-bond donors (Lipinski definition) is 3. The number of hydrogen-bond acceptors (Lipinski definition) is 6. The fourth-order valence-electron chi connectivity index (χ4n) is 5.15. The average molecular weight is 633 g/mol. The van der Waals surface area contributed by atoms with Crippen molar-refractivity contribution < 1.29 is 27.3 Å². The number of para-hydroxylation sites is 1. The molecule has 0 saturated carbocycles. The van der Waals surface area contributed by atoms with Crippen LogP contribution in [0.2, 0.25) is 0 Å². The molecule has 1 aromatic heterocycles. The van der Waals surface area contributed by atoms with Crippen LogP contribution >= 0.6 is 11.3 Å². The maximum atomic E-state index is 13.8. The standard InChI is InChI=1S/C34H36N2O6S2/c1-34(2,3)25-12-8-22(9-13-25)28(21-27-16-17-31(43-27)33(38)35-18-19-44(39,40)41)32(37)36-26-14-10-23(11-15-26)30-20-24-6-4-5-7-29(24)42-30/h4-17,28,30H,18-21H2,1-3H3,(H,35,38)(H,36,37)(H,39,40,41). The van der Waals surface area contributed by atoms with Gasteiger partial charge < -0.3 is 15.4 Å². The first-order valence-electron chi connectivity index (χ1n) is 14.4. The molecule has 230 valence electrons. The Kier molecular flexibility index (Phi) is 9.24. The van der Waals surface area contributed by atoms with Crippen LogP contribution in [-0.2, 0) is 33.2 Å². The van der Waals surface area contributed by atoms with Crippen LogP contribution < -0.4 is 15.4 Å². The van der Waals surface area contributed by atoms with E-state index < -0.39 is 27.7 Å². The highest BCUT2D eigenvalue weighted by molar-refractivity contribution is 7.85. The summed E-state index contributed by atoms with van der Waals surface area (Å²) >= 11 is 1.25. The van der Waals surface area contributed by atoms with Crippen molar-refractivity contribution >= 4 is 39.0 Å². The number of carbonyl (C=O) groups is 2. The monoisotopic (exact) mass is 632 g/mol. The molecule has 8 nitrogen and oxygen atoms in total. The lowest BCUT2D eigenvalue weighted by molar-refractivity contribution is -0.117. The smallest absolute Gasteiger partial charge is 0.266 e. The van der Waals surface area contributed by atoms with Gasteiger partial charge in [-0.15, -0.1) is 11.3 Å². The predicted octanol–water partition coefficient (Wildman–Crippen LogP) is 6.30. The molecule has 0 spiro atoms. The summed E-state index contributed by atoms with van der Waals surface area (Å²) in [4.78, 5) is 27.5. The van der Waals surface area contributed by atoms with Gasteiger partial charge in [0.2, 0.25) is 5.91 Å². The minimum Gasteiger partial charge on any atom is -0.485 e. The van der Waals surface area contributed by atoms with Crippen LogP contribution in [0.15, 0.2) is 84.9 Å². The lowest BCUT2D eigenvalue weighted by Gasteiger charge is -2.21. The number of anilines is 1. The van der Waals surface area contributed by atoms with Crippen LogP contribution in [0, 0.1) is 0 Å². The second kappa shape index (κ2) is 12.9. The Morgan fingerprint density at radius 1 is 0.977 bits per heavy atom. The molecule has 1 aliphatic heterocycles. The van der Waals surface area contributed by atoms with Gasteiger partial charge in [0.15, 0.2) is 0 Å². The fourth-order valence-corrected chi connectivity index (χ4v) is 6.48. The van der Waals surface area contributed by atoms with Gasteiger partial charge in [0, 0.05) is 23.5 Å². The molecule has 10 heteroatoms. The van der Waals surface area contributed by atoms with Crippen LogP contribution in [0.5, 0.6) is 5.75 Å². The minimum absolute atomic E-state index is 0.0339. The number of carbonyl (C=O) groups excluding carboxylic acids is 2. The van der Waals surface area contributed by atoms with Gasteiger partial charge in [0.1, 0.15) is 11.9 Å². The van der Waals surface area contributed by atoms with Crippen LogP contribution in [0.4, 0.5) is 5.69 Å². The molecule has 0 radical (unpaired) electrons. The van der Waals surface area contributed by atoms with Crippen LogP contribution in [-0.4, -0.2) is 37.1 Å². The van der Waals surface area contributed by atoms with Crippen molar-refractivity contribution in [1.29, 1.82) is 0 Å². The topological polar surface area (TPSA) is 122 Å². The summed E-state index contributed by atoms with van der Waals surface area (Å²) < 4.78 is 36.9. The Bertz CT molecular complexity index is 1710. The Morgan fingerprint density at radius 3 is 2.34 bits per heavy atom. The summed E-state index contributed by atoms with van der Waals surface area (Å²) in [5, 5.41) is 5.58. The summed E-state index contributed by atoms with van der Waals surface area (Å²) in [6.07, 6.45) is 1.11. The van der Waals surface area contributed by atoms with Crippen LogP contribution in [0.1, 0.15) is 69.6 Å². The number of amides is 2. The highest BCUT2D eigenvalue weighted by atomic mass is 32.2. The Hall–Kier alpha value is -3.99. The van der Waals surface area contributed by atoms with Crippen molar-refractivity contribution in [3.05, 3.63) is 117 Å². The first kappa shape index (κ1) is 31.4. The van der Waals surface area contributed by atoms with E-state index in [1.54, 1.807) is 12.1 Å². The van der Waals surface area contributed by atoms with Crippen molar-refractivity contribution in [2.45, 2.75) is 51.0 Å². The van der Waals surface area contributed by atoms with E-state index in [0.717, 1.165) is 33.7 Å². The molecule has 2 unspecified atom stereocenters. The van der Waals surface area contributed by atoms with E-state index in [-0.39, 0.29) is 24.0 Å². The van der Waals surface area contributed by atoms with E-state index in [1.807, 2.05) is 66.7 Å². The van der Waals surface area contributed by atoms with E-state index >= 15 is 0 Å². The van der Waals surface area contributed by atoms with E-state index in [4.69, 9.17) is 9.29 Å². The van der Waals surface area contributed by atoms with Crippen LogP contribution in [0.3, 0.4) is 0 Å². The molecule has 3 aromatic carbocycles. The summed E-state index contributed by atoms with van der Waals surface area (Å²) in [5.41, 5.74) is 4.88. The molecular formula is C34H36N2O6S2. The van der Waals surface area contributed by atoms with Gasteiger partial charge in [-0.3, -0.25) is 14.1 Å². The maximum absolute atomic E-state index is 13.8. The van der Waals surface area contributed by atoms with Gasteiger partial charge in [0.25, 0.3) is 16.0 Å². The van der Waals surface area contributed by atoms with Crippen molar-refractivity contribution in [2.24, 2.45) is 0 Å². The number of ether oxygens (including phenoxy) is 1. The maximum Gasteiger partial charge on any atom is 0.266 e. The molecule has 0 fully saturated rings. The molecule has 2 atom stereocenters. The second-order valence-electron chi connectivity index (χ2n) is 12.0. The zero-order valence-corrected chi connectivity index (χ0v) is 26.5. The summed E-state index contributed by atoms with van der Waals surface area (Å²) in [6, 6.07) is 27.3. The lowest BCUT2D eigenvalue weighted by Crippen LogP contribution is -2.28. The van der Waals surface area contributed by atoms with E-state index in [0.29, 0.717) is 17.0 Å². The third-order valence-electron chi connectivity index (χ3n) is 7.63. The minimum atomic E-state index is -4.17. The Morgan fingerprint density at radius 2 is 1.68 bits per heavy atom. The first-order chi connectivity index (χ1) is 20.9. The van der Waals surface area contributed by atoms with Gasteiger partial charge in [-0.05, 0) is 64.4 Å². The SMILES string of the molecule is CC(C)(C)c1ccc(C(Cc2ccc(C(=O)NCCS(=O)(=O)O)s2)C(=O)Nc2ccc(C3Cc4ccccc4O3)cc2)cc1. The second-order valence-corrected chi connectivity index (χ2v) is 14.7. The third kappa shape index (κ3) is 7.93. The average Bonchev–Trinajstić information content (AvgIpc) is 3.63. The molecule has 0 bridgehead atoms. The zero-order chi connectivity index (χ0) is 31.5. The van der Waals surface area contributed by atoms with Gasteiger partial charge in [-0.25, -0.2) is 0 Å². The number of nitrogens with one attached hydrogen (secondary N) is 2. The quantitative estimate of drug-likeness (QED) is 0.176. The van der Waals surface area contributed by atoms with E-state index in [2.05, 4.69) is 37.5 Å². The number of fused-ring (bicyclic) bond motifs is 1. The molecule has 2 heterocycles. The normalized spacial score (nSPS) is 15.2. The van der Waals surface area contributed by atoms with Crippen molar-refractivity contribution in [3.8, 4) is 5.75 Å². The van der Waals surface area contributed by atoms with E-state index in [9.17, 15) is 18.0 Å². The molecular weight excluding hydrogens is 597 g/mol. The van der Waals surface area contributed by atoms with Crippen molar-refractivity contribution in [1.82, 2.24) is 5.32 Å². The molecule has 44 heavy (non-hydrogen) atoms. The number of thiophene rings is 1. The van der Waals surface area contributed by atoms with Gasteiger partial charge in [0.05, 0.1) is 16.5 Å². The molecule has 2 amide bonds. The summed E-state index contributed by atoms with van der Waals surface area (Å²) in [5.74, 6) is -0.785. The number of rotatable bonds is 10. The zero-order valence-electron chi connectivity index (χ0n) is 24.9. The van der Waals surface area contributed by atoms with Gasteiger partial charge in [-0.1, -0.05) is 75.4 Å². The molecule has 5 rings (SSSR count). The predicted molar refractivity (Wildman–Crippen MR) is 173 cm³/mol. The highest BCUT2D eigenvalue weighted by Gasteiger charge is 2.26. The van der Waals surface area contributed by atoms with Gasteiger partial charge >= 0.3 is 0 Å². The molecule has 4 aromatic rings. The number of benzene rings is 3. The van der Waals surface area contributed by atoms with Crippen molar-refractivity contribution in [2.75, 3.05) is 17.6 Å². The molecule has 3 N–H and O–H groups in total. The molecule has 0 aliphatic carbocycles. The van der Waals surface area contributed by atoms with Gasteiger partial charge in [-0.2, -0.15) is 8.42 Å². The Labute approximate surface area is 262 Å². The van der Waals surface area contributed by atoms with Crippen molar-refractivity contribution in [3.63, 3.8) is 0 Å². The molecule has 1 aliphatic rings. The Balaban J connectivity index is 1.30. The first-order valence-corrected chi connectivity index (χ1v) is 16.9. The fraction of sp³-hybridized carbons (Fsp3) is 0.294. The van der Waals surface area contributed by atoms with Crippen LogP contribution in [0.25, 0.3) is 0 Å². The third-order valence-corrected chi connectivity index (χ3v) is 9.46. The lowest BCUT2D eigenvalue weighted by atomic mass is 9.85. The van der Waals surface area contributed by atoms with E-state index in [1.165, 1.54) is 16.9 Å². The summed E-state index contributed by atoms with van der Waals surface area (Å²) in [7, 11) is -4.17.